The Bertz CT molecular complexity index is 1010. The number of nitrogens with one attached hydrogen (secondary N) is 2. The van der Waals surface area contributed by atoms with Crippen molar-refractivity contribution < 1.29 is 14.0 Å². The van der Waals surface area contributed by atoms with Crippen LogP contribution in [0.3, 0.4) is 0 Å². The highest BCUT2D eigenvalue weighted by atomic mass is 32.2. The number of halogens is 1. The number of nitrogens with zero attached hydrogens (tertiary/aromatic N) is 4. The first-order valence-electron chi connectivity index (χ1n) is 7.99. The van der Waals surface area contributed by atoms with Gasteiger partial charge in [0.15, 0.2) is 0 Å². The predicted molar refractivity (Wildman–Crippen MR) is 97.1 cm³/mol. The summed E-state index contributed by atoms with van der Waals surface area (Å²) in [5.74, 6) is -1.31. The minimum Gasteiger partial charge on any atom is -0.324 e. The molecule has 10 heteroatoms. The zero-order valence-corrected chi connectivity index (χ0v) is 14.6. The van der Waals surface area contributed by atoms with Crippen molar-refractivity contribution >= 4 is 35.0 Å². The summed E-state index contributed by atoms with van der Waals surface area (Å²) in [4.78, 5) is 25.5. The van der Waals surface area contributed by atoms with Crippen molar-refractivity contribution in [2.75, 3.05) is 10.6 Å². The summed E-state index contributed by atoms with van der Waals surface area (Å²) in [5.41, 5.74) is 1.22. The lowest BCUT2D eigenvalue weighted by atomic mass is 10.2. The van der Waals surface area contributed by atoms with Gasteiger partial charge in [-0.05, 0) is 40.8 Å². The van der Waals surface area contributed by atoms with Crippen molar-refractivity contribution in [3.8, 4) is 5.69 Å². The molecule has 2 N–H and O–H groups in total. The fourth-order valence-corrected chi connectivity index (χ4v) is 3.74. The molecule has 2 heterocycles. The normalized spacial score (nSPS) is 15.7. The molecule has 2 amide bonds. The summed E-state index contributed by atoms with van der Waals surface area (Å²) in [6.45, 7) is 0. The molecule has 0 spiro atoms. The minimum absolute atomic E-state index is 0.00498. The summed E-state index contributed by atoms with van der Waals surface area (Å²) in [6, 6.07) is 11.5. The van der Waals surface area contributed by atoms with Gasteiger partial charge in [0, 0.05) is 11.3 Å². The number of fused-ring (bicyclic) bond motifs is 1. The fraction of sp³-hybridized carbons (Fsp3) is 0.118. The number of carbonyl (C=O) groups excluding carboxylic acids is 2. The quantitative estimate of drug-likeness (QED) is 0.715. The first-order chi connectivity index (χ1) is 13.1. The Morgan fingerprint density at radius 2 is 2.15 bits per heavy atom. The standard InChI is InChI=1S/C17H13FN6O2S/c18-11-6-5-10(24-9-19-22-23-24)7-13(11)20-16(25)8-15-17(26)21-12-3-1-2-4-14(12)27-15/h1-7,9,15H,8H2,(H,20,25)(H,21,26). The molecule has 1 unspecified atom stereocenters. The van der Waals surface area contributed by atoms with E-state index < -0.39 is 17.0 Å². The van der Waals surface area contributed by atoms with E-state index in [1.54, 1.807) is 6.07 Å². The Morgan fingerprint density at radius 3 is 2.96 bits per heavy atom. The van der Waals surface area contributed by atoms with E-state index >= 15 is 0 Å². The third-order valence-electron chi connectivity index (χ3n) is 3.91. The van der Waals surface area contributed by atoms with Gasteiger partial charge in [-0.1, -0.05) is 12.1 Å². The van der Waals surface area contributed by atoms with Crippen molar-refractivity contribution in [3.05, 3.63) is 54.6 Å². The van der Waals surface area contributed by atoms with Crippen LogP contribution in [0.2, 0.25) is 0 Å². The van der Waals surface area contributed by atoms with Crippen LogP contribution in [0.4, 0.5) is 15.8 Å². The maximum Gasteiger partial charge on any atom is 0.238 e. The number of tetrazole rings is 1. The third-order valence-corrected chi connectivity index (χ3v) is 5.19. The lowest BCUT2D eigenvalue weighted by Crippen LogP contribution is -2.32. The topological polar surface area (TPSA) is 102 Å². The summed E-state index contributed by atoms with van der Waals surface area (Å²) in [7, 11) is 0. The Hall–Kier alpha value is -3.27. The molecular weight excluding hydrogens is 371 g/mol. The number of rotatable bonds is 4. The second-order valence-corrected chi connectivity index (χ2v) is 7.01. The van der Waals surface area contributed by atoms with Crippen LogP contribution in [0, 0.1) is 5.82 Å². The van der Waals surface area contributed by atoms with E-state index in [4.69, 9.17) is 0 Å². The van der Waals surface area contributed by atoms with E-state index in [0.717, 1.165) is 10.6 Å². The maximum atomic E-state index is 14.1. The van der Waals surface area contributed by atoms with E-state index in [1.807, 2.05) is 18.2 Å². The van der Waals surface area contributed by atoms with Crippen molar-refractivity contribution in [1.82, 2.24) is 20.2 Å². The van der Waals surface area contributed by atoms with Crippen LogP contribution in [-0.4, -0.2) is 37.3 Å². The molecule has 1 atom stereocenters. The van der Waals surface area contributed by atoms with Crippen molar-refractivity contribution in [1.29, 1.82) is 0 Å². The molecule has 1 aliphatic rings. The van der Waals surface area contributed by atoms with Gasteiger partial charge >= 0.3 is 0 Å². The molecule has 0 radical (unpaired) electrons. The number of hydrogen-bond acceptors (Lipinski definition) is 6. The highest BCUT2D eigenvalue weighted by molar-refractivity contribution is 8.01. The highest BCUT2D eigenvalue weighted by Crippen LogP contribution is 2.36. The smallest absolute Gasteiger partial charge is 0.238 e. The van der Waals surface area contributed by atoms with Crippen LogP contribution < -0.4 is 10.6 Å². The van der Waals surface area contributed by atoms with Gasteiger partial charge in [-0.25, -0.2) is 9.07 Å². The van der Waals surface area contributed by atoms with Gasteiger partial charge < -0.3 is 10.6 Å². The molecule has 0 saturated heterocycles. The highest BCUT2D eigenvalue weighted by Gasteiger charge is 2.29. The van der Waals surface area contributed by atoms with Gasteiger partial charge in [-0.15, -0.1) is 16.9 Å². The summed E-state index contributed by atoms with van der Waals surface area (Å²) >= 11 is 1.31. The number of aromatic nitrogens is 4. The van der Waals surface area contributed by atoms with E-state index in [0.29, 0.717) is 5.69 Å². The van der Waals surface area contributed by atoms with Gasteiger partial charge in [-0.2, -0.15) is 0 Å². The lowest BCUT2D eigenvalue weighted by molar-refractivity contribution is -0.120. The average molecular weight is 384 g/mol. The maximum absolute atomic E-state index is 14.1. The van der Waals surface area contributed by atoms with Crippen LogP contribution in [-0.2, 0) is 9.59 Å². The van der Waals surface area contributed by atoms with E-state index in [9.17, 15) is 14.0 Å². The lowest BCUT2D eigenvalue weighted by Gasteiger charge is -2.23. The monoisotopic (exact) mass is 384 g/mol. The van der Waals surface area contributed by atoms with Crippen molar-refractivity contribution in [2.24, 2.45) is 0 Å². The van der Waals surface area contributed by atoms with Crippen LogP contribution in [0.25, 0.3) is 5.69 Å². The number of thioether (sulfide) groups is 1. The first-order valence-corrected chi connectivity index (χ1v) is 8.87. The van der Waals surface area contributed by atoms with Gasteiger partial charge in [0.05, 0.1) is 22.3 Å². The molecule has 4 rings (SSSR count). The SMILES string of the molecule is O=C(CC1Sc2ccccc2NC1=O)Nc1cc(-n2cnnn2)ccc1F. The van der Waals surface area contributed by atoms with Crippen LogP contribution in [0.1, 0.15) is 6.42 Å². The van der Waals surface area contributed by atoms with Crippen LogP contribution in [0.5, 0.6) is 0 Å². The molecule has 1 aliphatic heterocycles. The van der Waals surface area contributed by atoms with E-state index in [2.05, 4.69) is 26.2 Å². The van der Waals surface area contributed by atoms with Crippen molar-refractivity contribution in [2.45, 2.75) is 16.6 Å². The molecule has 3 aromatic rings. The molecule has 0 saturated carbocycles. The Labute approximate surface area is 157 Å². The molecule has 27 heavy (non-hydrogen) atoms. The van der Waals surface area contributed by atoms with Crippen LogP contribution >= 0.6 is 11.8 Å². The molecule has 8 nitrogen and oxygen atoms in total. The Kier molecular flexibility index (Phi) is 4.55. The third kappa shape index (κ3) is 3.65. The number of amides is 2. The number of hydrogen-bond donors (Lipinski definition) is 2. The second kappa shape index (κ2) is 7.16. The molecule has 1 aromatic heterocycles. The van der Waals surface area contributed by atoms with Gasteiger partial charge in [0.2, 0.25) is 11.8 Å². The van der Waals surface area contributed by atoms with E-state index in [-0.39, 0.29) is 18.0 Å². The molecule has 0 aliphatic carbocycles. The van der Waals surface area contributed by atoms with Crippen LogP contribution in [0.15, 0.2) is 53.7 Å². The van der Waals surface area contributed by atoms with Gasteiger partial charge in [0.1, 0.15) is 12.1 Å². The van der Waals surface area contributed by atoms with E-state index in [1.165, 1.54) is 41.0 Å². The summed E-state index contributed by atoms with van der Waals surface area (Å²) in [6.07, 6.45) is 1.28. The Balaban J connectivity index is 1.47. The molecule has 136 valence electrons. The zero-order valence-electron chi connectivity index (χ0n) is 13.8. The largest absolute Gasteiger partial charge is 0.324 e. The zero-order chi connectivity index (χ0) is 18.8. The summed E-state index contributed by atoms with van der Waals surface area (Å²) in [5, 5.41) is 15.5. The number of carbonyl (C=O) groups is 2. The second-order valence-electron chi connectivity index (χ2n) is 5.76. The fourth-order valence-electron chi connectivity index (χ4n) is 2.63. The number of benzene rings is 2. The molecule has 2 aromatic carbocycles. The molecule has 0 fully saturated rings. The first kappa shape index (κ1) is 17.2. The Morgan fingerprint density at radius 1 is 1.30 bits per heavy atom. The predicted octanol–water partition coefficient (Wildman–Crippen LogP) is 2.24. The number of anilines is 2. The van der Waals surface area contributed by atoms with Crippen molar-refractivity contribution in [3.63, 3.8) is 0 Å². The van der Waals surface area contributed by atoms with Gasteiger partial charge in [0.25, 0.3) is 0 Å². The van der Waals surface area contributed by atoms with Gasteiger partial charge in [-0.3, -0.25) is 9.59 Å². The average Bonchev–Trinajstić information content (AvgIpc) is 3.19. The summed E-state index contributed by atoms with van der Waals surface area (Å²) < 4.78 is 15.4. The number of para-hydroxylation sites is 1. The molecule has 0 bridgehead atoms. The minimum atomic E-state index is -0.592. The molecular formula is C17H13FN6O2S.